The second-order valence-corrected chi connectivity index (χ2v) is 4.96. The number of aliphatic hydroxyl groups excluding tert-OH is 1. The number of hydrogen-bond acceptors (Lipinski definition) is 4. The number of hydrogen-bond donors (Lipinski definition) is 1. The number of carbonyl (C=O) groups excluding carboxylic acids is 2. The van der Waals surface area contributed by atoms with Gasteiger partial charge < -0.3 is 9.84 Å². The van der Waals surface area contributed by atoms with E-state index in [0.717, 1.165) is 10.8 Å². The predicted molar refractivity (Wildman–Crippen MR) is 83.5 cm³/mol. The molecule has 0 heterocycles. The van der Waals surface area contributed by atoms with Crippen LogP contribution < -0.4 is 0 Å². The van der Waals surface area contributed by atoms with E-state index < -0.39 is 24.5 Å². The van der Waals surface area contributed by atoms with Crippen LogP contribution in [0.15, 0.2) is 42.5 Å². The molecule has 1 unspecified atom stereocenters. The maximum atomic E-state index is 12.5. The van der Waals surface area contributed by atoms with Crippen LogP contribution in [0.25, 0.3) is 10.8 Å². The van der Waals surface area contributed by atoms with Crippen LogP contribution in [0.3, 0.4) is 0 Å². The Bertz CT molecular complexity index is 683. The Hall–Kier alpha value is -2.11. The number of ether oxygens (including phenoxy) is 1. The van der Waals surface area contributed by atoms with Gasteiger partial charge in [-0.15, -0.1) is 0 Å². The molecule has 1 atom stereocenters. The van der Waals surface area contributed by atoms with E-state index in [4.69, 9.17) is 16.5 Å². The van der Waals surface area contributed by atoms with E-state index in [0.29, 0.717) is 9.98 Å². The minimum absolute atomic E-state index is 0.141. The highest BCUT2D eigenvalue weighted by Crippen LogP contribution is 2.22. The van der Waals surface area contributed by atoms with Gasteiger partial charge in [0.25, 0.3) is 5.91 Å². The minimum Gasteiger partial charge on any atom is -0.464 e. The van der Waals surface area contributed by atoms with E-state index in [1.165, 1.54) is 0 Å². The van der Waals surface area contributed by atoms with Crippen molar-refractivity contribution in [3.63, 3.8) is 0 Å². The molecule has 0 spiro atoms. The molecule has 0 radical (unpaired) electrons. The summed E-state index contributed by atoms with van der Waals surface area (Å²) in [6.07, 6.45) is 0. The number of halogens is 1. The molecule has 1 amide bonds. The summed E-state index contributed by atoms with van der Waals surface area (Å²) in [4.78, 5) is 24.3. The zero-order valence-electron chi connectivity index (χ0n) is 12.0. The first kappa shape index (κ1) is 16.3. The number of nitrogens with zero attached hydrogens (tertiary/aromatic N) is 1. The van der Waals surface area contributed by atoms with E-state index >= 15 is 0 Å². The van der Waals surface area contributed by atoms with Crippen LogP contribution in [0.4, 0.5) is 0 Å². The average Bonchev–Trinajstić information content (AvgIpc) is 2.54. The third kappa shape index (κ3) is 3.21. The molecule has 1 N–H and O–H groups in total. The van der Waals surface area contributed by atoms with E-state index in [1.807, 2.05) is 24.3 Å². The van der Waals surface area contributed by atoms with E-state index in [2.05, 4.69) is 0 Å². The molecule has 2 rings (SSSR count). The van der Waals surface area contributed by atoms with Gasteiger partial charge >= 0.3 is 5.97 Å². The van der Waals surface area contributed by atoms with Crippen LogP contribution >= 0.6 is 11.8 Å². The summed E-state index contributed by atoms with van der Waals surface area (Å²) < 4.78 is 5.51. The molecule has 0 bridgehead atoms. The normalized spacial score (nSPS) is 12.0. The monoisotopic (exact) mass is 321 g/mol. The summed E-state index contributed by atoms with van der Waals surface area (Å²) in [5.74, 6) is -1.31. The molecule has 0 saturated carbocycles. The number of fused-ring (bicyclic) bond motifs is 1. The van der Waals surface area contributed by atoms with Gasteiger partial charge in [0.1, 0.15) is 0 Å². The highest BCUT2D eigenvalue weighted by molar-refractivity contribution is 6.27. The van der Waals surface area contributed by atoms with Gasteiger partial charge in [-0.3, -0.25) is 4.79 Å². The van der Waals surface area contributed by atoms with Crippen LogP contribution in [0, 0.1) is 0 Å². The lowest BCUT2D eigenvalue weighted by Gasteiger charge is -2.22. The highest BCUT2D eigenvalue weighted by atomic mass is 35.5. The molecule has 0 aliphatic carbocycles. The number of amides is 1. The summed E-state index contributed by atoms with van der Waals surface area (Å²) in [6, 6.07) is 11.3. The molecule has 5 nitrogen and oxygen atoms in total. The van der Waals surface area contributed by atoms with Crippen LogP contribution in [0.1, 0.15) is 17.3 Å². The molecule has 0 saturated heterocycles. The summed E-state index contributed by atoms with van der Waals surface area (Å²) in [5, 5.41) is 10.9. The lowest BCUT2D eigenvalue weighted by molar-refractivity contribution is -0.148. The minimum atomic E-state index is -1.24. The van der Waals surface area contributed by atoms with Crippen molar-refractivity contribution < 1.29 is 19.4 Å². The predicted octanol–water partition coefficient (Wildman–Crippen LogP) is 2.36. The quantitative estimate of drug-likeness (QED) is 0.678. The van der Waals surface area contributed by atoms with Gasteiger partial charge in [0, 0.05) is 17.3 Å². The second-order valence-electron chi connectivity index (χ2n) is 4.59. The summed E-state index contributed by atoms with van der Waals surface area (Å²) in [5.41, 5.74) is 0.357. The first-order chi connectivity index (χ1) is 10.6. The van der Waals surface area contributed by atoms with Gasteiger partial charge in [0.2, 0.25) is 0 Å². The van der Waals surface area contributed by atoms with E-state index in [-0.39, 0.29) is 6.61 Å². The van der Waals surface area contributed by atoms with Crippen molar-refractivity contribution in [3.8, 4) is 0 Å². The Morgan fingerprint density at radius 2 is 1.91 bits per heavy atom. The Kier molecular flexibility index (Phi) is 5.35. The third-order valence-corrected chi connectivity index (χ3v) is 3.61. The average molecular weight is 322 g/mol. The number of benzene rings is 2. The molecular weight excluding hydrogens is 306 g/mol. The number of rotatable bonds is 5. The lowest BCUT2D eigenvalue weighted by Crippen LogP contribution is -2.42. The fourth-order valence-electron chi connectivity index (χ4n) is 2.15. The molecule has 0 aliphatic heterocycles. The zero-order valence-corrected chi connectivity index (χ0v) is 12.8. The van der Waals surface area contributed by atoms with Gasteiger partial charge in [0.15, 0.2) is 6.04 Å². The summed E-state index contributed by atoms with van der Waals surface area (Å²) in [6.45, 7) is 1.17. The van der Waals surface area contributed by atoms with Crippen LogP contribution in [0.2, 0.25) is 0 Å². The zero-order chi connectivity index (χ0) is 16.1. The Morgan fingerprint density at radius 3 is 2.59 bits per heavy atom. The van der Waals surface area contributed by atoms with Crippen LogP contribution in [0.5, 0.6) is 0 Å². The smallest absolute Gasteiger partial charge is 0.332 e. The molecular formula is C16H16ClNO4. The largest absolute Gasteiger partial charge is 0.464 e. The van der Waals surface area contributed by atoms with Crippen LogP contribution in [-0.4, -0.2) is 40.7 Å². The van der Waals surface area contributed by atoms with Crippen molar-refractivity contribution in [2.24, 2.45) is 0 Å². The van der Waals surface area contributed by atoms with Crippen molar-refractivity contribution in [1.29, 1.82) is 0 Å². The van der Waals surface area contributed by atoms with Crippen molar-refractivity contribution in [2.45, 2.75) is 13.0 Å². The van der Waals surface area contributed by atoms with E-state index in [9.17, 15) is 14.7 Å². The number of carbonyl (C=O) groups is 2. The molecule has 0 aliphatic rings. The summed E-state index contributed by atoms with van der Waals surface area (Å²) >= 11 is 5.99. The maximum absolute atomic E-state index is 12.5. The molecule has 0 aromatic heterocycles. The molecule has 22 heavy (non-hydrogen) atoms. The Morgan fingerprint density at radius 1 is 1.23 bits per heavy atom. The summed E-state index contributed by atoms with van der Waals surface area (Å²) in [7, 11) is 0. The van der Waals surface area contributed by atoms with Gasteiger partial charge in [-0.2, -0.15) is 0 Å². The van der Waals surface area contributed by atoms with Crippen molar-refractivity contribution >= 4 is 34.4 Å². The van der Waals surface area contributed by atoms with Crippen molar-refractivity contribution in [1.82, 2.24) is 4.42 Å². The maximum Gasteiger partial charge on any atom is 0.332 e. The standard InChI is InChI=1S/C16H16ClNO4/c1-2-22-16(21)14(10-19)18(17)15(20)13-9-5-7-11-6-3-4-8-12(11)13/h3-9,14,19H,2,10H2,1H3. The van der Waals surface area contributed by atoms with Gasteiger partial charge in [-0.1, -0.05) is 36.4 Å². The fourth-order valence-corrected chi connectivity index (χ4v) is 2.38. The van der Waals surface area contributed by atoms with E-state index in [1.54, 1.807) is 25.1 Å². The Balaban J connectivity index is 2.34. The topological polar surface area (TPSA) is 66.8 Å². The lowest BCUT2D eigenvalue weighted by atomic mass is 10.0. The number of aliphatic hydroxyl groups is 1. The molecule has 0 fully saturated rings. The van der Waals surface area contributed by atoms with Gasteiger partial charge in [-0.25, -0.2) is 9.21 Å². The SMILES string of the molecule is CCOC(=O)C(CO)N(Cl)C(=O)c1cccc2ccccc12. The first-order valence-corrected chi connectivity index (χ1v) is 7.18. The number of esters is 1. The Labute approximate surface area is 133 Å². The van der Waals surface area contributed by atoms with Gasteiger partial charge in [0.05, 0.1) is 13.2 Å². The van der Waals surface area contributed by atoms with Crippen molar-refractivity contribution in [3.05, 3.63) is 48.0 Å². The fraction of sp³-hybridized carbons (Fsp3) is 0.250. The second kappa shape index (κ2) is 7.24. The highest BCUT2D eigenvalue weighted by Gasteiger charge is 2.30. The molecule has 2 aromatic rings. The molecule has 6 heteroatoms. The van der Waals surface area contributed by atoms with Crippen LogP contribution in [-0.2, 0) is 9.53 Å². The molecule has 2 aromatic carbocycles. The van der Waals surface area contributed by atoms with Gasteiger partial charge in [-0.05, 0) is 23.8 Å². The first-order valence-electron chi connectivity index (χ1n) is 6.84. The third-order valence-electron chi connectivity index (χ3n) is 3.22. The van der Waals surface area contributed by atoms with Crippen molar-refractivity contribution in [2.75, 3.05) is 13.2 Å². The molecule has 116 valence electrons.